The molecule has 0 saturated heterocycles. The van der Waals surface area contributed by atoms with Crippen molar-refractivity contribution in [2.45, 2.75) is 19.9 Å². The highest BCUT2D eigenvalue weighted by molar-refractivity contribution is 5.95. The fourth-order valence-electron chi connectivity index (χ4n) is 2.94. The number of aryl methyl sites for hydroxylation is 2. The third-order valence-electron chi connectivity index (χ3n) is 4.49. The molecule has 0 fully saturated rings. The molecule has 26 heavy (non-hydrogen) atoms. The second kappa shape index (κ2) is 7.87. The molecule has 0 aromatic heterocycles. The van der Waals surface area contributed by atoms with Crippen LogP contribution < -0.4 is 10.1 Å². The van der Waals surface area contributed by atoms with Crippen LogP contribution in [0.2, 0.25) is 0 Å². The minimum Gasteiger partial charge on any atom is -0.496 e. The van der Waals surface area contributed by atoms with Crippen LogP contribution in [-0.2, 0) is 0 Å². The Morgan fingerprint density at radius 3 is 2.19 bits per heavy atom. The van der Waals surface area contributed by atoms with Crippen LogP contribution in [0.25, 0.3) is 0 Å². The maximum atomic E-state index is 12.9. The first-order valence-corrected chi connectivity index (χ1v) is 8.65. The van der Waals surface area contributed by atoms with Gasteiger partial charge in [0.15, 0.2) is 0 Å². The topological polar surface area (TPSA) is 38.3 Å². The summed E-state index contributed by atoms with van der Waals surface area (Å²) in [6, 6.07) is 23.5. The van der Waals surface area contributed by atoms with Gasteiger partial charge in [-0.2, -0.15) is 0 Å². The Balaban J connectivity index is 1.93. The van der Waals surface area contributed by atoms with Crippen LogP contribution in [0.15, 0.2) is 72.8 Å². The maximum Gasteiger partial charge on any atom is 0.252 e. The molecule has 3 aromatic carbocycles. The molecular weight excluding hydrogens is 322 g/mol. The fraction of sp³-hybridized carbons (Fsp3) is 0.174. The van der Waals surface area contributed by atoms with E-state index in [0.29, 0.717) is 11.3 Å². The summed E-state index contributed by atoms with van der Waals surface area (Å²) >= 11 is 0. The summed E-state index contributed by atoms with van der Waals surface area (Å²) in [4.78, 5) is 12.9. The zero-order valence-corrected chi connectivity index (χ0v) is 15.3. The third-order valence-corrected chi connectivity index (χ3v) is 4.49. The monoisotopic (exact) mass is 345 g/mol. The number of hydrogen-bond acceptors (Lipinski definition) is 2. The van der Waals surface area contributed by atoms with Crippen molar-refractivity contribution in [3.63, 3.8) is 0 Å². The molecular formula is C23H23NO2. The highest BCUT2D eigenvalue weighted by Crippen LogP contribution is 2.24. The molecule has 3 heteroatoms. The highest BCUT2D eigenvalue weighted by atomic mass is 16.5. The van der Waals surface area contributed by atoms with Crippen molar-refractivity contribution in [1.29, 1.82) is 0 Å². The van der Waals surface area contributed by atoms with Crippen LogP contribution in [0.1, 0.15) is 38.7 Å². The lowest BCUT2D eigenvalue weighted by Crippen LogP contribution is -2.29. The number of methoxy groups -OCH3 is 1. The predicted molar refractivity (Wildman–Crippen MR) is 105 cm³/mol. The lowest BCUT2D eigenvalue weighted by atomic mass is 9.97. The van der Waals surface area contributed by atoms with Gasteiger partial charge in [-0.25, -0.2) is 0 Å². The summed E-state index contributed by atoms with van der Waals surface area (Å²) in [7, 11) is 1.61. The first-order valence-electron chi connectivity index (χ1n) is 8.65. The van der Waals surface area contributed by atoms with Crippen LogP contribution >= 0.6 is 0 Å². The molecule has 0 heterocycles. The van der Waals surface area contributed by atoms with E-state index in [0.717, 1.165) is 16.7 Å². The first-order chi connectivity index (χ1) is 12.6. The second-order valence-electron chi connectivity index (χ2n) is 6.41. The lowest BCUT2D eigenvalue weighted by Gasteiger charge is -2.20. The SMILES string of the molecule is COc1cc(C(=O)NC(c2ccccc2)c2ccc(C)cc2)ccc1C. The van der Waals surface area contributed by atoms with Gasteiger partial charge in [0.05, 0.1) is 13.2 Å². The van der Waals surface area contributed by atoms with Crippen LogP contribution in [0, 0.1) is 13.8 Å². The summed E-state index contributed by atoms with van der Waals surface area (Å²) in [5, 5.41) is 3.16. The normalized spacial score (nSPS) is 11.7. The zero-order chi connectivity index (χ0) is 18.5. The van der Waals surface area contributed by atoms with Gasteiger partial charge in [-0.15, -0.1) is 0 Å². The van der Waals surface area contributed by atoms with E-state index in [2.05, 4.69) is 36.5 Å². The number of carbonyl (C=O) groups excluding carboxylic acids is 1. The summed E-state index contributed by atoms with van der Waals surface area (Å²) in [6.07, 6.45) is 0. The lowest BCUT2D eigenvalue weighted by molar-refractivity contribution is 0.0942. The number of nitrogens with one attached hydrogen (secondary N) is 1. The average molecular weight is 345 g/mol. The molecule has 0 bridgehead atoms. The van der Waals surface area contributed by atoms with Crippen LogP contribution in [-0.4, -0.2) is 13.0 Å². The van der Waals surface area contributed by atoms with Gasteiger partial charge < -0.3 is 10.1 Å². The van der Waals surface area contributed by atoms with E-state index < -0.39 is 0 Å². The molecule has 1 amide bonds. The molecule has 1 unspecified atom stereocenters. The molecule has 0 aliphatic rings. The van der Waals surface area contributed by atoms with E-state index >= 15 is 0 Å². The Morgan fingerprint density at radius 2 is 1.54 bits per heavy atom. The molecule has 3 rings (SSSR count). The van der Waals surface area contributed by atoms with E-state index in [1.807, 2.05) is 49.4 Å². The fourth-order valence-corrected chi connectivity index (χ4v) is 2.94. The Labute approximate surface area is 154 Å². The van der Waals surface area contributed by atoms with Gasteiger partial charge in [0.1, 0.15) is 5.75 Å². The van der Waals surface area contributed by atoms with Gasteiger partial charge >= 0.3 is 0 Å². The molecule has 1 N–H and O–H groups in total. The van der Waals surface area contributed by atoms with E-state index in [4.69, 9.17) is 4.74 Å². The van der Waals surface area contributed by atoms with Gasteiger partial charge in [0.2, 0.25) is 0 Å². The van der Waals surface area contributed by atoms with Gasteiger partial charge in [-0.1, -0.05) is 66.2 Å². The quantitative estimate of drug-likeness (QED) is 0.719. The maximum absolute atomic E-state index is 12.9. The smallest absolute Gasteiger partial charge is 0.252 e. The zero-order valence-electron chi connectivity index (χ0n) is 15.3. The molecule has 0 spiro atoms. The van der Waals surface area contributed by atoms with E-state index in [9.17, 15) is 4.79 Å². The summed E-state index contributed by atoms with van der Waals surface area (Å²) < 4.78 is 5.34. The van der Waals surface area contributed by atoms with Crippen molar-refractivity contribution in [2.75, 3.05) is 7.11 Å². The minimum atomic E-state index is -0.211. The van der Waals surface area contributed by atoms with Crippen molar-refractivity contribution in [3.05, 3.63) is 101 Å². The summed E-state index contributed by atoms with van der Waals surface area (Å²) in [5.41, 5.74) is 4.87. The molecule has 132 valence electrons. The van der Waals surface area contributed by atoms with E-state index in [1.54, 1.807) is 13.2 Å². The average Bonchev–Trinajstić information content (AvgIpc) is 2.68. The number of ether oxygens (including phenoxy) is 1. The number of amides is 1. The molecule has 1 atom stereocenters. The molecule has 3 nitrogen and oxygen atoms in total. The van der Waals surface area contributed by atoms with Gasteiger partial charge in [0.25, 0.3) is 5.91 Å². The molecule has 0 aliphatic carbocycles. The Bertz CT molecular complexity index is 886. The Kier molecular flexibility index (Phi) is 5.37. The first kappa shape index (κ1) is 17.7. The number of hydrogen-bond donors (Lipinski definition) is 1. The summed E-state index contributed by atoms with van der Waals surface area (Å²) in [6.45, 7) is 4.01. The number of carbonyl (C=O) groups is 1. The minimum absolute atomic E-state index is 0.127. The Morgan fingerprint density at radius 1 is 0.885 bits per heavy atom. The molecule has 0 radical (unpaired) electrons. The van der Waals surface area contributed by atoms with Crippen LogP contribution in [0.4, 0.5) is 0 Å². The standard InChI is InChI=1S/C23H23NO2/c1-16-9-12-19(13-10-16)22(18-7-5-4-6-8-18)24-23(25)20-14-11-17(2)21(15-20)26-3/h4-15,22H,1-3H3,(H,24,25). The van der Waals surface area contributed by atoms with Crippen molar-refractivity contribution >= 4 is 5.91 Å². The summed E-state index contributed by atoms with van der Waals surface area (Å²) in [5.74, 6) is 0.585. The van der Waals surface area contributed by atoms with Crippen molar-refractivity contribution in [1.82, 2.24) is 5.32 Å². The van der Waals surface area contributed by atoms with E-state index in [-0.39, 0.29) is 11.9 Å². The third kappa shape index (κ3) is 3.94. The van der Waals surface area contributed by atoms with Gasteiger partial charge in [-0.3, -0.25) is 4.79 Å². The largest absolute Gasteiger partial charge is 0.496 e. The van der Waals surface area contributed by atoms with Crippen LogP contribution in [0.3, 0.4) is 0 Å². The van der Waals surface area contributed by atoms with E-state index in [1.165, 1.54) is 5.56 Å². The second-order valence-corrected chi connectivity index (χ2v) is 6.41. The number of rotatable bonds is 5. The van der Waals surface area contributed by atoms with Crippen LogP contribution in [0.5, 0.6) is 5.75 Å². The van der Waals surface area contributed by atoms with Crippen molar-refractivity contribution in [3.8, 4) is 5.75 Å². The molecule has 0 aliphatic heterocycles. The van der Waals surface area contributed by atoms with Crippen molar-refractivity contribution in [2.24, 2.45) is 0 Å². The molecule has 0 saturated carbocycles. The van der Waals surface area contributed by atoms with Gasteiger partial charge in [-0.05, 0) is 42.7 Å². The van der Waals surface area contributed by atoms with Gasteiger partial charge in [0, 0.05) is 5.56 Å². The highest BCUT2D eigenvalue weighted by Gasteiger charge is 2.18. The number of benzene rings is 3. The molecule has 3 aromatic rings. The predicted octanol–water partition coefficient (Wildman–Crippen LogP) is 4.83. The Hall–Kier alpha value is -3.07. The van der Waals surface area contributed by atoms with Crippen molar-refractivity contribution < 1.29 is 9.53 Å².